The molecule has 1 aliphatic rings. The fourth-order valence-electron chi connectivity index (χ4n) is 1.49. The van der Waals surface area contributed by atoms with Crippen LogP contribution >= 0.6 is 0 Å². The van der Waals surface area contributed by atoms with Gasteiger partial charge in [-0.05, 0) is 25.2 Å². The molecule has 2 unspecified atom stereocenters. The summed E-state index contributed by atoms with van der Waals surface area (Å²) in [6, 6.07) is 2.18. The molecule has 11 heavy (non-hydrogen) atoms. The Morgan fingerprint density at radius 2 is 2.45 bits per heavy atom. The van der Waals surface area contributed by atoms with Crippen molar-refractivity contribution in [1.82, 2.24) is 0 Å². The Hall–Kier alpha value is -0.550. The number of nitriles is 1. The van der Waals surface area contributed by atoms with Crippen LogP contribution in [0.2, 0.25) is 0 Å². The second kappa shape index (κ2) is 4.35. The molecule has 1 fully saturated rings. The predicted octanol–water partition coefficient (Wildman–Crippen LogP) is 2.11. The smallest absolute Gasteiger partial charge is 0.0625 e. The average Bonchev–Trinajstić information content (AvgIpc) is 2.07. The minimum absolute atomic E-state index is 0.350. The van der Waals surface area contributed by atoms with Crippen molar-refractivity contribution in [1.29, 1.82) is 5.26 Å². The first-order chi connectivity index (χ1) is 5.34. The van der Waals surface area contributed by atoms with Crippen LogP contribution in [0.4, 0.5) is 0 Å². The van der Waals surface area contributed by atoms with E-state index in [0.717, 1.165) is 13.0 Å². The van der Waals surface area contributed by atoms with Gasteiger partial charge in [0.25, 0.3) is 0 Å². The van der Waals surface area contributed by atoms with Crippen LogP contribution in [0.15, 0.2) is 0 Å². The van der Waals surface area contributed by atoms with Crippen LogP contribution < -0.4 is 0 Å². The zero-order chi connectivity index (χ0) is 8.10. The van der Waals surface area contributed by atoms with E-state index in [1.54, 1.807) is 0 Å². The van der Waals surface area contributed by atoms with Crippen molar-refractivity contribution < 1.29 is 4.74 Å². The zero-order valence-corrected chi connectivity index (χ0v) is 7.05. The molecule has 0 aromatic rings. The molecule has 0 aliphatic carbocycles. The highest BCUT2D eigenvalue weighted by Gasteiger charge is 2.19. The first kappa shape index (κ1) is 8.55. The van der Waals surface area contributed by atoms with Gasteiger partial charge in [0.05, 0.1) is 12.2 Å². The Labute approximate surface area is 68.2 Å². The van der Waals surface area contributed by atoms with Crippen LogP contribution in [0.25, 0.3) is 0 Å². The van der Waals surface area contributed by atoms with Crippen LogP contribution in [0.1, 0.15) is 32.6 Å². The molecule has 62 valence electrons. The van der Waals surface area contributed by atoms with Crippen molar-refractivity contribution in [3.05, 3.63) is 0 Å². The fraction of sp³-hybridized carbons (Fsp3) is 0.889. The van der Waals surface area contributed by atoms with E-state index in [9.17, 15) is 0 Å². The maximum atomic E-state index is 8.46. The summed E-state index contributed by atoms with van der Waals surface area (Å²) in [6.45, 7) is 2.99. The minimum Gasteiger partial charge on any atom is -0.378 e. The number of hydrogen-bond donors (Lipinski definition) is 0. The van der Waals surface area contributed by atoms with Gasteiger partial charge in [0.1, 0.15) is 0 Å². The molecule has 1 heterocycles. The highest BCUT2D eigenvalue weighted by molar-refractivity contribution is 4.79. The van der Waals surface area contributed by atoms with Gasteiger partial charge in [0.15, 0.2) is 0 Å². The van der Waals surface area contributed by atoms with Crippen LogP contribution in [0, 0.1) is 17.2 Å². The lowest BCUT2D eigenvalue weighted by molar-refractivity contribution is -0.0150. The molecule has 0 N–H and O–H groups in total. The molecular formula is C9H15NO. The van der Waals surface area contributed by atoms with Crippen LogP contribution in [-0.4, -0.2) is 12.7 Å². The van der Waals surface area contributed by atoms with Gasteiger partial charge in [-0.2, -0.15) is 5.26 Å². The molecule has 1 aliphatic heterocycles. The molecule has 0 saturated carbocycles. The lowest BCUT2D eigenvalue weighted by Crippen LogP contribution is -2.25. The Kier molecular flexibility index (Phi) is 3.38. The quantitative estimate of drug-likeness (QED) is 0.608. The largest absolute Gasteiger partial charge is 0.378 e. The molecule has 0 spiro atoms. The second-order valence-electron chi connectivity index (χ2n) is 3.24. The van der Waals surface area contributed by atoms with Gasteiger partial charge in [-0.1, -0.05) is 6.92 Å². The zero-order valence-electron chi connectivity index (χ0n) is 7.05. The molecule has 0 aromatic heterocycles. The molecule has 0 bridgehead atoms. The van der Waals surface area contributed by atoms with E-state index in [1.807, 2.05) is 0 Å². The Bertz CT molecular complexity index is 144. The number of ether oxygens (including phenoxy) is 1. The molecular weight excluding hydrogens is 138 g/mol. The van der Waals surface area contributed by atoms with Crippen LogP contribution in [0.3, 0.4) is 0 Å². The molecule has 0 aromatic carbocycles. The van der Waals surface area contributed by atoms with Gasteiger partial charge in [-0.3, -0.25) is 0 Å². The predicted molar refractivity (Wildman–Crippen MR) is 43.0 cm³/mol. The molecule has 1 rings (SSSR count). The van der Waals surface area contributed by atoms with Gasteiger partial charge in [-0.15, -0.1) is 0 Å². The first-order valence-electron chi connectivity index (χ1n) is 4.33. The molecule has 2 atom stereocenters. The van der Waals surface area contributed by atoms with Crippen LogP contribution in [-0.2, 0) is 4.74 Å². The molecule has 0 radical (unpaired) electrons. The highest BCUT2D eigenvalue weighted by atomic mass is 16.5. The van der Waals surface area contributed by atoms with E-state index in [-0.39, 0.29) is 0 Å². The van der Waals surface area contributed by atoms with Gasteiger partial charge in [-0.25, -0.2) is 0 Å². The van der Waals surface area contributed by atoms with Crippen molar-refractivity contribution >= 4 is 0 Å². The normalized spacial score (nSPS) is 27.5. The summed E-state index contributed by atoms with van der Waals surface area (Å²) in [7, 11) is 0. The molecule has 0 amide bonds. The summed E-state index contributed by atoms with van der Waals surface area (Å²) in [5.74, 6) is 0.417. The van der Waals surface area contributed by atoms with Crippen molar-refractivity contribution in [3.8, 4) is 6.07 Å². The molecule has 1 saturated heterocycles. The van der Waals surface area contributed by atoms with Gasteiger partial charge >= 0.3 is 0 Å². The summed E-state index contributed by atoms with van der Waals surface area (Å²) < 4.78 is 5.54. The third-order valence-corrected chi connectivity index (χ3v) is 2.26. The second-order valence-corrected chi connectivity index (χ2v) is 3.24. The van der Waals surface area contributed by atoms with Gasteiger partial charge < -0.3 is 4.74 Å². The maximum Gasteiger partial charge on any atom is 0.0625 e. The lowest BCUT2D eigenvalue weighted by atomic mass is 9.95. The average molecular weight is 153 g/mol. The minimum atomic E-state index is 0.350. The highest BCUT2D eigenvalue weighted by Crippen LogP contribution is 2.21. The van der Waals surface area contributed by atoms with Gasteiger partial charge in [0.2, 0.25) is 0 Å². The summed E-state index contributed by atoms with van der Waals surface area (Å²) in [6.07, 6.45) is 4.58. The number of hydrogen-bond acceptors (Lipinski definition) is 2. The summed E-state index contributed by atoms with van der Waals surface area (Å²) >= 11 is 0. The van der Waals surface area contributed by atoms with Crippen molar-refractivity contribution in [2.45, 2.75) is 38.7 Å². The maximum absolute atomic E-state index is 8.46. The number of rotatable bonds is 2. The number of nitrogens with zero attached hydrogens (tertiary/aromatic N) is 1. The summed E-state index contributed by atoms with van der Waals surface area (Å²) in [5.41, 5.74) is 0. The lowest BCUT2D eigenvalue weighted by Gasteiger charge is -2.26. The molecule has 2 heteroatoms. The molecule has 2 nitrogen and oxygen atoms in total. The topological polar surface area (TPSA) is 33.0 Å². The SMILES string of the molecule is CC(CC#N)C1CCCCO1. The Balaban J connectivity index is 2.27. The van der Waals surface area contributed by atoms with E-state index in [2.05, 4.69) is 13.0 Å². The van der Waals surface area contributed by atoms with E-state index < -0.39 is 0 Å². The van der Waals surface area contributed by atoms with E-state index in [0.29, 0.717) is 18.4 Å². The first-order valence-corrected chi connectivity index (χ1v) is 4.33. The standard InChI is InChI=1S/C9H15NO/c1-8(5-6-10)9-4-2-3-7-11-9/h8-9H,2-5,7H2,1H3. The third-order valence-electron chi connectivity index (χ3n) is 2.26. The van der Waals surface area contributed by atoms with Crippen LogP contribution in [0.5, 0.6) is 0 Å². The van der Waals surface area contributed by atoms with E-state index in [4.69, 9.17) is 10.00 Å². The summed E-state index contributed by atoms with van der Waals surface area (Å²) in [4.78, 5) is 0. The van der Waals surface area contributed by atoms with E-state index in [1.165, 1.54) is 12.8 Å². The van der Waals surface area contributed by atoms with Crippen molar-refractivity contribution in [2.24, 2.45) is 5.92 Å². The third kappa shape index (κ3) is 2.51. The Morgan fingerprint density at radius 1 is 1.64 bits per heavy atom. The van der Waals surface area contributed by atoms with E-state index >= 15 is 0 Å². The van der Waals surface area contributed by atoms with Crippen molar-refractivity contribution in [2.75, 3.05) is 6.61 Å². The monoisotopic (exact) mass is 153 g/mol. The Morgan fingerprint density at radius 3 is 3.00 bits per heavy atom. The fourth-order valence-corrected chi connectivity index (χ4v) is 1.49. The van der Waals surface area contributed by atoms with Crippen molar-refractivity contribution in [3.63, 3.8) is 0 Å². The summed E-state index contributed by atoms with van der Waals surface area (Å²) in [5, 5.41) is 8.46. The van der Waals surface area contributed by atoms with Gasteiger partial charge in [0, 0.05) is 13.0 Å².